The molecule has 3 fully saturated rings. The molecule has 1 aliphatic carbocycles. The summed E-state index contributed by atoms with van der Waals surface area (Å²) >= 11 is 0. The average molecular weight is 450 g/mol. The van der Waals surface area contributed by atoms with E-state index in [1.165, 1.54) is 17.5 Å². The van der Waals surface area contributed by atoms with Crippen molar-refractivity contribution in [3.63, 3.8) is 0 Å². The predicted molar refractivity (Wildman–Crippen MR) is 116 cm³/mol. The highest BCUT2D eigenvalue weighted by atomic mass is 32.2. The molecule has 170 valence electrons. The minimum atomic E-state index is -3.72. The summed E-state index contributed by atoms with van der Waals surface area (Å²) in [6.07, 6.45) is 7.19. The largest absolute Gasteiger partial charge is 0.495 e. The highest BCUT2D eigenvalue weighted by molar-refractivity contribution is 7.89. The van der Waals surface area contributed by atoms with Crippen molar-refractivity contribution in [2.24, 2.45) is 5.92 Å². The van der Waals surface area contributed by atoms with Gasteiger partial charge in [0, 0.05) is 37.8 Å². The number of carbonyl (C=O) groups is 2. The summed E-state index contributed by atoms with van der Waals surface area (Å²) in [5, 5.41) is 2.83. The highest BCUT2D eigenvalue weighted by Crippen LogP contribution is 2.33. The number of methoxy groups -OCH3 is 1. The number of nitrogens with zero attached hydrogens (tertiary/aromatic N) is 2. The number of rotatable bonds is 6. The molecule has 1 aromatic carbocycles. The Bertz CT molecular complexity index is 936. The Morgan fingerprint density at radius 1 is 1.10 bits per heavy atom. The number of hydrogen-bond acceptors (Lipinski definition) is 5. The van der Waals surface area contributed by atoms with E-state index in [4.69, 9.17) is 4.74 Å². The van der Waals surface area contributed by atoms with Crippen LogP contribution in [0.1, 0.15) is 51.4 Å². The molecule has 0 bridgehead atoms. The minimum Gasteiger partial charge on any atom is -0.495 e. The Hall–Kier alpha value is -2.13. The number of likely N-dealkylation sites (tertiary alicyclic amines) is 1. The number of anilines is 1. The third kappa shape index (κ3) is 4.57. The van der Waals surface area contributed by atoms with Crippen molar-refractivity contribution in [3.8, 4) is 5.75 Å². The van der Waals surface area contributed by atoms with Crippen LogP contribution in [0.2, 0.25) is 0 Å². The van der Waals surface area contributed by atoms with Gasteiger partial charge in [-0.15, -0.1) is 0 Å². The fourth-order valence-corrected chi connectivity index (χ4v) is 6.62. The Morgan fingerprint density at radius 3 is 2.48 bits per heavy atom. The van der Waals surface area contributed by atoms with E-state index in [0.29, 0.717) is 25.3 Å². The lowest BCUT2D eigenvalue weighted by Crippen LogP contribution is -2.36. The van der Waals surface area contributed by atoms with Gasteiger partial charge in [0.2, 0.25) is 21.8 Å². The Morgan fingerprint density at radius 2 is 1.81 bits per heavy atom. The van der Waals surface area contributed by atoms with Crippen LogP contribution in [0.25, 0.3) is 0 Å². The van der Waals surface area contributed by atoms with Crippen molar-refractivity contribution in [2.45, 2.75) is 62.3 Å². The SMILES string of the molecule is COc1ccc(NC(=O)C2CC(=O)N(C3CCCC3)C2)cc1S(=O)(=O)N1CCCCC1. The van der Waals surface area contributed by atoms with E-state index in [1.807, 2.05) is 4.90 Å². The molecule has 1 unspecified atom stereocenters. The summed E-state index contributed by atoms with van der Waals surface area (Å²) in [4.78, 5) is 27.2. The molecule has 4 rings (SSSR count). The van der Waals surface area contributed by atoms with Crippen molar-refractivity contribution >= 4 is 27.5 Å². The van der Waals surface area contributed by atoms with Gasteiger partial charge in [0.25, 0.3) is 0 Å². The molecule has 0 spiro atoms. The maximum absolute atomic E-state index is 13.2. The van der Waals surface area contributed by atoms with Crippen LogP contribution in [0.15, 0.2) is 23.1 Å². The zero-order chi connectivity index (χ0) is 22.0. The molecule has 9 heteroatoms. The van der Waals surface area contributed by atoms with E-state index in [0.717, 1.165) is 44.9 Å². The van der Waals surface area contributed by atoms with Gasteiger partial charge in [0.1, 0.15) is 10.6 Å². The van der Waals surface area contributed by atoms with Gasteiger partial charge in [-0.05, 0) is 43.9 Å². The fourth-order valence-electron chi connectivity index (χ4n) is 4.92. The second kappa shape index (κ2) is 9.16. The van der Waals surface area contributed by atoms with Gasteiger partial charge in [0.05, 0.1) is 13.0 Å². The molecule has 1 N–H and O–H groups in total. The van der Waals surface area contributed by atoms with Gasteiger partial charge in [0.15, 0.2) is 0 Å². The lowest BCUT2D eigenvalue weighted by Gasteiger charge is -2.26. The van der Waals surface area contributed by atoms with Gasteiger partial charge >= 0.3 is 0 Å². The molecule has 3 aliphatic rings. The highest BCUT2D eigenvalue weighted by Gasteiger charge is 2.39. The normalized spacial score (nSPS) is 23.3. The second-order valence-corrected chi connectivity index (χ2v) is 10.6. The van der Waals surface area contributed by atoms with Gasteiger partial charge < -0.3 is 15.0 Å². The predicted octanol–water partition coefficient (Wildman–Crippen LogP) is 2.60. The molecule has 2 aliphatic heterocycles. The first-order valence-corrected chi connectivity index (χ1v) is 12.6. The van der Waals surface area contributed by atoms with E-state index < -0.39 is 15.9 Å². The number of piperidine rings is 1. The fraction of sp³-hybridized carbons (Fsp3) is 0.636. The molecule has 1 aromatic rings. The van der Waals surface area contributed by atoms with E-state index in [1.54, 1.807) is 12.1 Å². The first kappa shape index (κ1) is 22.1. The van der Waals surface area contributed by atoms with Gasteiger partial charge in [-0.25, -0.2) is 8.42 Å². The lowest BCUT2D eigenvalue weighted by molar-refractivity contribution is -0.129. The second-order valence-electron chi connectivity index (χ2n) is 8.71. The quantitative estimate of drug-likeness (QED) is 0.720. The molecule has 2 heterocycles. The summed E-state index contributed by atoms with van der Waals surface area (Å²) in [6.45, 7) is 1.41. The van der Waals surface area contributed by atoms with E-state index in [9.17, 15) is 18.0 Å². The topological polar surface area (TPSA) is 96.0 Å². The Kier molecular flexibility index (Phi) is 6.52. The average Bonchev–Trinajstić information content (AvgIpc) is 3.44. The summed E-state index contributed by atoms with van der Waals surface area (Å²) in [7, 11) is -2.28. The minimum absolute atomic E-state index is 0.0372. The van der Waals surface area contributed by atoms with Crippen molar-refractivity contribution in [2.75, 3.05) is 32.1 Å². The van der Waals surface area contributed by atoms with Crippen LogP contribution < -0.4 is 10.1 Å². The summed E-state index contributed by atoms with van der Waals surface area (Å²) < 4.78 is 33.1. The molecule has 2 saturated heterocycles. The van der Waals surface area contributed by atoms with Crippen LogP contribution in [-0.4, -0.2) is 62.2 Å². The zero-order valence-electron chi connectivity index (χ0n) is 18.0. The van der Waals surface area contributed by atoms with Crippen LogP contribution >= 0.6 is 0 Å². The van der Waals surface area contributed by atoms with Crippen molar-refractivity contribution in [1.82, 2.24) is 9.21 Å². The van der Waals surface area contributed by atoms with Crippen molar-refractivity contribution < 1.29 is 22.7 Å². The first-order valence-electron chi connectivity index (χ1n) is 11.2. The van der Waals surface area contributed by atoms with Crippen LogP contribution in [0.3, 0.4) is 0 Å². The standard InChI is InChI=1S/C22H31N3O5S/c1-30-19-10-9-17(14-20(19)31(28,29)24-11-5-2-6-12-24)23-22(27)16-13-21(26)25(15-16)18-7-3-4-8-18/h9-10,14,16,18H,2-8,11-13,15H2,1H3,(H,23,27). The monoisotopic (exact) mass is 449 g/mol. The summed E-state index contributed by atoms with van der Waals surface area (Å²) in [5.41, 5.74) is 0.396. The van der Waals surface area contributed by atoms with E-state index >= 15 is 0 Å². The number of amides is 2. The van der Waals surface area contributed by atoms with Crippen LogP contribution in [0.5, 0.6) is 5.75 Å². The number of nitrogens with one attached hydrogen (secondary N) is 1. The third-order valence-corrected chi connectivity index (χ3v) is 8.58. The zero-order valence-corrected chi connectivity index (χ0v) is 18.8. The van der Waals surface area contributed by atoms with Crippen LogP contribution in [-0.2, 0) is 19.6 Å². The molecule has 1 saturated carbocycles. The maximum Gasteiger partial charge on any atom is 0.246 e. The molecule has 2 amide bonds. The molecular weight excluding hydrogens is 418 g/mol. The number of carbonyl (C=O) groups excluding carboxylic acids is 2. The third-order valence-electron chi connectivity index (χ3n) is 6.66. The molecule has 31 heavy (non-hydrogen) atoms. The van der Waals surface area contributed by atoms with Crippen molar-refractivity contribution in [1.29, 1.82) is 0 Å². The summed E-state index contributed by atoms with van der Waals surface area (Å²) in [5.74, 6) is -0.375. The van der Waals surface area contributed by atoms with Gasteiger partial charge in [-0.3, -0.25) is 9.59 Å². The maximum atomic E-state index is 13.2. The van der Waals surface area contributed by atoms with Crippen LogP contribution in [0, 0.1) is 5.92 Å². The number of hydrogen-bond donors (Lipinski definition) is 1. The number of benzene rings is 1. The van der Waals surface area contributed by atoms with E-state index in [2.05, 4.69) is 5.32 Å². The van der Waals surface area contributed by atoms with Gasteiger partial charge in [-0.2, -0.15) is 4.31 Å². The van der Waals surface area contributed by atoms with Crippen molar-refractivity contribution in [3.05, 3.63) is 18.2 Å². The van der Waals surface area contributed by atoms with Gasteiger partial charge in [-0.1, -0.05) is 19.3 Å². The molecule has 0 radical (unpaired) electrons. The lowest BCUT2D eigenvalue weighted by atomic mass is 10.1. The van der Waals surface area contributed by atoms with Crippen LogP contribution in [0.4, 0.5) is 5.69 Å². The Balaban J connectivity index is 1.49. The molecular formula is C22H31N3O5S. The molecule has 8 nitrogen and oxygen atoms in total. The first-order chi connectivity index (χ1) is 14.9. The molecule has 1 atom stereocenters. The molecule has 0 aromatic heterocycles. The number of ether oxygens (including phenoxy) is 1. The Labute approximate surface area is 184 Å². The summed E-state index contributed by atoms with van der Waals surface area (Å²) in [6, 6.07) is 4.92. The smallest absolute Gasteiger partial charge is 0.246 e. The number of sulfonamides is 1. The van der Waals surface area contributed by atoms with E-state index in [-0.39, 0.29) is 34.9 Å².